The Morgan fingerprint density at radius 1 is 0.972 bits per heavy atom. The summed E-state index contributed by atoms with van der Waals surface area (Å²) in [6.07, 6.45) is -0.0729. The van der Waals surface area contributed by atoms with E-state index >= 15 is 0 Å². The van der Waals surface area contributed by atoms with Crippen LogP contribution in [0.4, 0.5) is 0 Å². The van der Waals surface area contributed by atoms with Crippen LogP contribution in [0.3, 0.4) is 0 Å². The van der Waals surface area contributed by atoms with Crippen LogP contribution in [0.1, 0.15) is 34.5 Å². The van der Waals surface area contributed by atoms with Crippen molar-refractivity contribution in [1.82, 2.24) is 10.6 Å². The summed E-state index contributed by atoms with van der Waals surface area (Å²) in [5, 5.41) is 25.1. The van der Waals surface area contributed by atoms with Crippen molar-refractivity contribution in [3.8, 4) is 0 Å². The van der Waals surface area contributed by atoms with Crippen molar-refractivity contribution in [3.05, 3.63) is 94.5 Å². The first-order valence-electron chi connectivity index (χ1n) is 11.2. The Kier molecular flexibility index (Phi) is 9.22. The zero-order valence-electron chi connectivity index (χ0n) is 19.5. The first kappa shape index (κ1) is 27.3. The molecule has 36 heavy (non-hydrogen) atoms. The van der Waals surface area contributed by atoms with Gasteiger partial charge in [0.05, 0.1) is 15.9 Å². The summed E-state index contributed by atoms with van der Waals surface area (Å²) in [6, 6.07) is 18.9. The van der Waals surface area contributed by atoms with Gasteiger partial charge in [0.2, 0.25) is 9.84 Å². The van der Waals surface area contributed by atoms with E-state index < -0.39 is 34.4 Å². The van der Waals surface area contributed by atoms with Crippen LogP contribution >= 0.6 is 11.6 Å². The third-order valence-corrected chi connectivity index (χ3v) is 7.52. The van der Waals surface area contributed by atoms with E-state index in [9.17, 15) is 23.1 Å². The SMILES string of the molecule is C[C@H](Cc1ccc(S(=O)(=O)c2ccc(C(=O)NCC(=O)O)cc2)cc1)NC[C@H](O)c1cccc(Cl)c1. The summed E-state index contributed by atoms with van der Waals surface area (Å²) in [4.78, 5) is 22.6. The van der Waals surface area contributed by atoms with E-state index in [4.69, 9.17) is 16.7 Å². The molecule has 0 spiro atoms. The number of carboxylic acid groups (broad SMARTS) is 1. The number of nitrogens with one attached hydrogen (secondary N) is 2. The Morgan fingerprint density at radius 2 is 1.58 bits per heavy atom. The molecule has 10 heteroatoms. The molecule has 0 bridgehead atoms. The Balaban J connectivity index is 1.58. The first-order valence-corrected chi connectivity index (χ1v) is 13.0. The molecule has 1 amide bonds. The number of amides is 1. The highest BCUT2D eigenvalue weighted by Crippen LogP contribution is 2.22. The van der Waals surface area contributed by atoms with Crippen LogP contribution in [0, 0.1) is 0 Å². The van der Waals surface area contributed by atoms with Crippen LogP contribution < -0.4 is 10.6 Å². The molecular formula is C26H27ClN2O6S. The smallest absolute Gasteiger partial charge is 0.322 e. The van der Waals surface area contributed by atoms with E-state index in [-0.39, 0.29) is 21.4 Å². The quantitative estimate of drug-likeness (QED) is 0.299. The van der Waals surface area contributed by atoms with Gasteiger partial charge in [-0.05, 0) is 73.0 Å². The van der Waals surface area contributed by atoms with Crippen molar-refractivity contribution in [2.45, 2.75) is 35.3 Å². The highest BCUT2D eigenvalue weighted by Gasteiger charge is 2.19. The number of carbonyl (C=O) groups excluding carboxylic acids is 1. The standard InChI is InChI=1S/C26H27ClN2O6S/c1-17(28-15-24(30)20-3-2-4-21(27)14-20)13-18-5-9-22(10-6-18)36(34,35)23-11-7-19(8-12-23)26(33)29-16-25(31)32/h2-12,14,17,24,28,30H,13,15-16H2,1H3,(H,29,33)(H,31,32)/t17-,24+/m1/s1. The summed E-state index contributed by atoms with van der Waals surface area (Å²) < 4.78 is 25.9. The fraction of sp³-hybridized carbons (Fsp3) is 0.231. The minimum absolute atomic E-state index is 0.0232. The minimum Gasteiger partial charge on any atom is -0.480 e. The van der Waals surface area contributed by atoms with Crippen molar-refractivity contribution in [2.24, 2.45) is 0 Å². The number of carboxylic acids is 1. The van der Waals surface area contributed by atoms with Gasteiger partial charge in [0, 0.05) is 23.2 Å². The molecule has 0 aromatic heterocycles. The van der Waals surface area contributed by atoms with Crippen molar-refractivity contribution >= 4 is 33.3 Å². The van der Waals surface area contributed by atoms with Gasteiger partial charge in [0.25, 0.3) is 5.91 Å². The molecule has 2 atom stereocenters. The van der Waals surface area contributed by atoms with Crippen LogP contribution in [0.15, 0.2) is 82.6 Å². The van der Waals surface area contributed by atoms with E-state index in [1.165, 1.54) is 36.4 Å². The van der Waals surface area contributed by atoms with Crippen LogP contribution in [0.5, 0.6) is 0 Å². The fourth-order valence-electron chi connectivity index (χ4n) is 3.55. The molecule has 0 aliphatic heterocycles. The Labute approximate surface area is 214 Å². The zero-order chi connectivity index (χ0) is 26.3. The van der Waals surface area contributed by atoms with E-state index in [1.54, 1.807) is 30.3 Å². The number of sulfone groups is 1. The van der Waals surface area contributed by atoms with Crippen LogP contribution in [0.2, 0.25) is 5.02 Å². The zero-order valence-corrected chi connectivity index (χ0v) is 21.1. The number of aliphatic carboxylic acids is 1. The maximum atomic E-state index is 13.0. The second-order valence-electron chi connectivity index (χ2n) is 8.33. The summed E-state index contributed by atoms with van der Waals surface area (Å²) in [5.41, 5.74) is 1.81. The van der Waals surface area contributed by atoms with Gasteiger partial charge in [-0.2, -0.15) is 0 Å². The summed E-state index contributed by atoms with van der Waals surface area (Å²) in [7, 11) is -3.79. The molecule has 8 nitrogen and oxygen atoms in total. The number of aliphatic hydroxyl groups excluding tert-OH is 1. The normalized spacial score (nSPS) is 13.1. The first-order chi connectivity index (χ1) is 17.1. The van der Waals surface area contributed by atoms with Gasteiger partial charge in [0.1, 0.15) is 6.54 Å². The number of rotatable bonds is 11. The van der Waals surface area contributed by atoms with E-state index in [0.29, 0.717) is 18.0 Å². The lowest BCUT2D eigenvalue weighted by Gasteiger charge is -2.18. The second kappa shape index (κ2) is 12.1. The molecule has 3 rings (SSSR count). The molecule has 0 radical (unpaired) electrons. The van der Waals surface area contributed by atoms with Gasteiger partial charge in [-0.25, -0.2) is 8.42 Å². The lowest BCUT2D eigenvalue weighted by molar-refractivity contribution is -0.135. The second-order valence-corrected chi connectivity index (χ2v) is 10.7. The third kappa shape index (κ3) is 7.38. The van der Waals surface area contributed by atoms with Crippen LogP contribution in [0.25, 0.3) is 0 Å². The Bertz CT molecular complexity index is 1310. The molecule has 0 heterocycles. The number of halogens is 1. The molecule has 0 aliphatic rings. The monoisotopic (exact) mass is 530 g/mol. The lowest BCUT2D eigenvalue weighted by Crippen LogP contribution is -2.32. The number of carbonyl (C=O) groups is 2. The van der Waals surface area contributed by atoms with Crippen LogP contribution in [-0.4, -0.2) is 49.6 Å². The van der Waals surface area contributed by atoms with Crippen molar-refractivity contribution < 1.29 is 28.2 Å². The minimum atomic E-state index is -3.79. The average molecular weight is 531 g/mol. The van der Waals surface area contributed by atoms with Gasteiger partial charge >= 0.3 is 5.97 Å². The Morgan fingerprint density at radius 3 is 2.17 bits per heavy atom. The Hall–Kier alpha value is -3.24. The van der Waals surface area contributed by atoms with Crippen molar-refractivity contribution in [3.63, 3.8) is 0 Å². The average Bonchev–Trinajstić information content (AvgIpc) is 2.86. The number of hydrogen-bond acceptors (Lipinski definition) is 6. The molecule has 3 aromatic carbocycles. The predicted molar refractivity (Wildman–Crippen MR) is 136 cm³/mol. The molecular weight excluding hydrogens is 504 g/mol. The van der Waals surface area contributed by atoms with E-state index in [2.05, 4.69) is 10.6 Å². The van der Waals surface area contributed by atoms with Crippen LogP contribution in [-0.2, 0) is 21.1 Å². The largest absolute Gasteiger partial charge is 0.480 e. The maximum absolute atomic E-state index is 13.0. The molecule has 0 unspecified atom stereocenters. The summed E-state index contributed by atoms with van der Waals surface area (Å²) >= 11 is 5.98. The molecule has 4 N–H and O–H groups in total. The molecule has 190 valence electrons. The van der Waals surface area contributed by atoms with Gasteiger partial charge < -0.3 is 20.8 Å². The van der Waals surface area contributed by atoms with Crippen molar-refractivity contribution in [1.29, 1.82) is 0 Å². The molecule has 0 saturated heterocycles. The summed E-state index contributed by atoms with van der Waals surface area (Å²) in [6.45, 7) is 1.80. The van der Waals surface area contributed by atoms with Gasteiger partial charge in [-0.15, -0.1) is 0 Å². The van der Waals surface area contributed by atoms with Gasteiger partial charge in [-0.3, -0.25) is 9.59 Å². The maximum Gasteiger partial charge on any atom is 0.322 e. The molecule has 0 saturated carbocycles. The molecule has 3 aromatic rings. The number of hydrogen-bond donors (Lipinski definition) is 4. The van der Waals surface area contributed by atoms with Gasteiger partial charge in [0.15, 0.2) is 0 Å². The third-order valence-electron chi connectivity index (χ3n) is 5.50. The molecule has 0 fully saturated rings. The highest BCUT2D eigenvalue weighted by atomic mass is 35.5. The van der Waals surface area contributed by atoms with E-state index in [1.807, 2.05) is 13.0 Å². The van der Waals surface area contributed by atoms with Crippen molar-refractivity contribution in [2.75, 3.05) is 13.1 Å². The summed E-state index contributed by atoms with van der Waals surface area (Å²) in [5.74, 6) is -1.78. The van der Waals surface area contributed by atoms with Gasteiger partial charge in [-0.1, -0.05) is 35.9 Å². The predicted octanol–water partition coefficient (Wildman–Crippen LogP) is 3.24. The number of aliphatic hydroxyl groups is 1. The highest BCUT2D eigenvalue weighted by molar-refractivity contribution is 7.91. The lowest BCUT2D eigenvalue weighted by atomic mass is 10.1. The fourth-order valence-corrected chi connectivity index (χ4v) is 5.01. The molecule has 0 aliphatic carbocycles. The topological polar surface area (TPSA) is 133 Å². The number of benzene rings is 3. The van der Waals surface area contributed by atoms with E-state index in [0.717, 1.165) is 11.1 Å².